The monoisotopic (exact) mass is 219 g/mol. The molecule has 0 saturated carbocycles. The molecule has 0 aliphatic rings. The predicted molar refractivity (Wildman–Crippen MR) is 65.1 cm³/mol. The smallest absolute Gasteiger partial charge is 0.221 e. The van der Waals surface area contributed by atoms with E-state index in [1.165, 1.54) is 0 Å². The quantitative estimate of drug-likeness (QED) is 0.826. The van der Waals surface area contributed by atoms with Gasteiger partial charge in [0.15, 0.2) is 0 Å². The molecular formula is C13H17NO2. The molecule has 0 spiro atoms. The van der Waals surface area contributed by atoms with Crippen molar-refractivity contribution < 1.29 is 9.53 Å². The van der Waals surface area contributed by atoms with Crippen LogP contribution >= 0.6 is 0 Å². The van der Waals surface area contributed by atoms with Crippen molar-refractivity contribution in [3.05, 3.63) is 35.9 Å². The number of carbonyl (C=O) groups excluding carboxylic acids is 1. The fraction of sp³-hybridized carbons (Fsp3) is 0.308. The highest BCUT2D eigenvalue weighted by Gasteiger charge is 1.96. The molecule has 86 valence electrons. The van der Waals surface area contributed by atoms with E-state index in [1.54, 1.807) is 6.08 Å². The molecule has 0 fully saturated rings. The Kier molecular flexibility index (Phi) is 4.58. The molecule has 1 amide bonds. The second-order valence-electron chi connectivity index (χ2n) is 3.81. The lowest BCUT2D eigenvalue weighted by Crippen LogP contribution is -2.07. The molecule has 2 N–H and O–H groups in total. The van der Waals surface area contributed by atoms with Gasteiger partial charge in [0.05, 0.1) is 6.10 Å². The Morgan fingerprint density at radius 1 is 1.38 bits per heavy atom. The Morgan fingerprint density at radius 3 is 2.50 bits per heavy atom. The van der Waals surface area contributed by atoms with Gasteiger partial charge < -0.3 is 10.5 Å². The van der Waals surface area contributed by atoms with Gasteiger partial charge in [-0.15, -0.1) is 0 Å². The molecule has 0 radical (unpaired) electrons. The van der Waals surface area contributed by atoms with Crippen LogP contribution in [-0.2, 0) is 4.79 Å². The maximum atomic E-state index is 10.5. The van der Waals surface area contributed by atoms with E-state index in [4.69, 9.17) is 10.5 Å². The lowest BCUT2D eigenvalue weighted by Gasteiger charge is -2.09. The van der Waals surface area contributed by atoms with Crippen molar-refractivity contribution in [1.29, 1.82) is 0 Å². The van der Waals surface area contributed by atoms with Crippen LogP contribution in [-0.4, -0.2) is 12.0 Å². The molecule has 1 rings (SSSR count). The number of amides is 1. The number of carbonyl (C=O) groups is 1. The van der Waals surface area contributed by atoms with Gasteiger partial charge in [0.25, 0.3) is 0 Å². The summed E-state index contributed by atoms with van der Waals surface area (Å²) >= 11 is 0. The maximum absolute atomic E-state index is 10.5. The molecule has 0 heterocycles. The summed E-state index contributed by atoms with van der Waals surface area (Å²) in [5.41, 5.74) is 6.05. The number of hydrogen-bond acceptors (Lipinski definition) is 2. The summed E-state index contributed by atoms with van der Waals surface area (Å²) in [5, 5.41) is 0. The number of primary amides is 1. The van der Waals surface area contributed by atoms with Crippen LogP contribution in [0.1, 0.15) is 25.8 Å². The second-order valence-corrected chi connectivity index (χ2v) is 3.81. The first-order valence-electron chi connectivity index (χ1n) is 5.29. The van der Waals surface area contributed by atoms with E-state index in [1.807, 2.05) is 44.2 Å². The average Bonchev–Trinajstić information content (AvgIpc) is 2.19. The Labute approximate surface area is 95.9 Å². The first kappa shape index (κ1) is 12.3. The van der Waals surface area contributed by atoms with Gasteiger partial charge in [-0.05, 0) is 31.5 Å². The standard InChI is InChI=1S/C13H17NO2/c1-10(2)16-12-8-6-11(7-9-12)4-3-5-13(14)15/h3-4,6-10H,5H2,1-2H3,(H2,14,15). The Hall–Kier alpha value is -1.77. The van der Waals surface area contributed by atoms with Crippen molar-refractivity contribution in [3.63, 3.8) is 0 Å². The van der Waals surface area contributed by atoms with Crippen LogP contribution in [0.3, 0.4) is 0 Å². The van der Waals surface area contributed by atoms with Crippen molar-refractivity contribution in [1.82, 2.24) is 0 Å². The summed E-state index contributed by atoms with van der Waals surface area (Å²) in [6.07, 6.45) is 4.06. The van der Waals surface area contributed by atoms with Crippen molar-refractivity contribution in [2.45, 2.75) is 26.4 Å². The molecular weight excluding hydrogens is 202 g/mol. The first-order chi connectivity index (χ1) is 7.58. The lowest BCUT2D eigenvalue weighted by atomic mass is 10.2. The minimum Gasteiger partial charge on any atom is -0.491 e. The molecule has 0 aliphatic heterocycles. The van der Waals surface area contributed by atoms with E-state index in [2.05, 4.69) is 0 Å². The molecule has 0 aromatic heterocycles. The second kappa shape index (κ2) is 5.95. The molecule has 1 aromatic rings. The predicted octanol–water partition coefficient (Wildman–Crippen LogP) is 2.36. The van der Waals surface area contributed by atoms with Gasteiger partial charge in [0.2, 0.25) is 5.91 Å². The zero-order chi connectivity index (χ0) is 12.0. The van der Waals surface area contributed by atoms with Crippen molar-refractivity contribution in [2.75, 3.05) is 0 Å². The average molecular weight is 219 g/mol. The van der Waals surface area contributed by atoms with Crippen LogP contribution in [0.2, 0.25) is 0 Å². The Bertz CT molecular complexity index is 366. The van der Waals surface area contributed by atoms with Gasteiger partial charge in [-0.2, -0.15) is 0 Å². The highest BCUT2D eigenvalue weighted by Crippen LogP contribution is 2.14. The zero-order valence-electron chi connectivity index (χ0n) is 9.64. The highest BCUT2D eigenvalue weighted by molar-refractivity contribution is 5.76. The molecule has 0 bridgehead atoms. The van der Waals surface area contributed by atoms with Crippen LogP contribution < -0.4 is 10.5 Å². The topological polar surface area (TPSA) is 52.3 Å². The van der Waals surface area contributed by atoms with Gasteiger partial charge >= 0.3 is 0 Å². The number of benzene rings is 1. The van der Waals surface area contributed by atoms with E-state index in [0.29, 0.717) is 0 Å². The van der Waals surface area contributed by atoms with Gasteiger partial charge in [0, 0.05) is 6.42 Å². The molecule has 16 heavy (non-hydrogen) atoms. The van der Waals surface area contributed by atoms with Crippen LogP contribution in [0.4, 0.5) is 0 Å². The van der Waals surface area contributed by atoms with Crippen molar-refractivity contribution in [2.24, 2.45) is 5.73 Å². The maximum Gasteiger partial charge on any atom is 0.221 e. The molecule has 0 unspecified atom stereocenters. The number of rotatable bonds is 5. The number of hydrogen-bond donors (Lipinski definition) is 1. The minimum atomic E-state index is -0.323. The van der Waals surface area contributed by atoms with Crippen LogP contribution in [0, 0.1) is 0 Å². The summed E-state index contributed by atoms with van der Waals surface area (Å²) in [4.78, 5) is 10.5. The van der Waals surface area contributed by atoms with E-state index in [9.17, 15) is 4.79 Å². The zero-order valence-corrected chi connectivity index (χ0v) is 9.64. The third-order valence-electron chi connectivity index (χ3n) is 1.88. The van der Waals surface area contributed by atoms with Crippen LogP contribution in [0.15, 0.2) is 30.3 Å². The van der Waals surface area contributed by atoms with Gasteiger partial charge in [0.1, 0.15) is 5.75 Å². The molecule has 0 saturated heterocycles. The Balaban J connectivity index is 2.57. The molecule has 0 atom stereocenters. The number of ether oxygens (including phenoxy) is 1. The Morgan fingerprint density at radius 2 is 2.00 bits per heavy atom. The van der Waals surface area contributed by atoms with Crippen LogP contribution in [0.25, 0.3) is 6.08 Å². The van der Waals surface area contributed by atoms with E-state index < -0.39 is 0 Å². The van der Waals surface area contributed by atoms with Crippen molar-refractivity contribution in [3.8, 4) is 5.75 Å². The summed E-state index contributed by atoms with van der Waals surface area (Å²) in [6.45, 7) is 3.97. The van der Waals surface area contributed by atoms with Crippen molar-refractivity contribution >= 4 is 12.0 Å². The lowest BCUT2D eigenvalue weighted by molar-refractivity contribution is -0.117. The molecule has 0 aliphatic carbocycles. The summed E-state index contributed by atoms with van der Waals surface area (Å²) in [6, 6.07) is 7.69. The highest BCUT2D eigenvalue weighted by atomic mass is 16.5. The molecule has 3 nitrogen and oxygen atoms in total. The van der Waals surface area contributed by atoms with Gasteiger partial charge in [-0.25, -0.2) is 0 Å². The molecule has 3 heteroatoms. The summed E-state index contributed by atoms with van der Waals surface area (Å²) in [5.74, 6) is 0.526. The summed E-state index contributed by atoms with van der Waals surface area (Å²) in [7, 11) is 0. The SMILES string of the molecule is CC(C)Oc1ccc(C=CCC(N)=O)cc1. The van der Waals surface area contributed by atoms with E-state index >= 15 is 0 Å². The minimum absolute atomic E-state index is 0.177. The third-order valence-corrected chi connectivity index (χ3v) is 1.88. The summed E-state index contributed by atoms with van der Waals surface area (Å²) < 4.78 is 5.51. The van der Waals surface area contributed by atoms with Gasteiger partial charge in [-0.3, -0.25) is 4.79 Å². The first-order valence-corrected chi connectivity index (χ1v) is 5.29. The molecule has 1 aromatic carbocycles. The number of nitrogens with two attached hydrogens (primary N) is 1. The normalized spacial score (nSPS) is 10.9. The largest absolute Gasteiger partial charge is 0.491 e. The van der Waals surface area contributed by atoms with Gasteiger partial charge in [-0.1, -0.05) is 24.3 Å². The van der Waals surface area contributed by atoms with E-state index in [0.717, 1.165) is 11.3 Å². The fourth-order valence-corrected chi connectivity index (χ4v) is 1.24. The van der Waals surface area contributed by atoms with E-state index in [-0.39, 0.29) is 18.4 Å². The third kappa shape index (κ3) is 4.64. The fourth-order valence-electron chi connectivity index (χ4n) is 1.24. The van der Waals surface area contributed by atoms with Crippen LogP contribution in [0.5, 0.6) is 5.75 Å².